The summed E-state index contributed by atoms with van der Waals surface area (Å²) in [6, 6.07) is 1.73. The van der Waals surface area contributed by atoms with Crippen LogP contribution in [0.3, 0.4) is 0 Å². The minimum atomic E-state index is 0.847. The molecule has 0 aliphatic carbocycles. The minimum absolute atomic E-state index is 0.847. The van der Waals surface area contributed by atoms with Crippen molar-refractivity contribution >= 4 is 0 Å². The van der Waals surface area contributed by atoms with E-state index in [1.54, 1.807) is 0 Å². The number of hydrogen-bond donors (Lipinski definition) is 0. The quantitative estimate of drug-likeness (QED) is 0.510. The van der Waals surface area contributed by atoms with Crippen molar-refractivity contribution in [2.75, 3.05) is 7.05 Å². The van der Waals surface area contributed by atoms with Gasteiger partial charge in [0.15, 0.2) is 0 Å². The van der Waals surface area contributed by atoms with E-state index in [-0.39, 0.29) is 0 Å². The maximum atomic E-state index is 2.44. The topological polar surface area (TPSA) is 3.01 Å². The van der Waals surface area contributed by atoms with Crippen molar-refractivity contribution < 1.29 is 0 Å². The largest absolute Gasteiger partial charge is 0.297 e. The highest BCUT2D eigenvalue weighted by molar-refractivity contribution is 4.98. The summed E-state index contributed by atoms with van der Waals surface area (Å²) in [6.07, 6.45) is 1.32. The molecule has 1 saturated heterocycles. The Labute approximate surface area is 58.0 Å². The number of rotatable bonds is 2. The van der Waals surface area contributed by atoms with E-state index in [1.807, 2.05) is 0 Å². The number of likely N-dealkylation sites (N-methyl/N-ethyl adjacent to an activating group) is 1. The normalized spacial score (nSPS) is 44.7. The molecule has 4 unspecified atom stereocenters. The van der Waals surface area contributed by atoms with Crippen LogP contribution >= 0.6 is 0 Å². The average molecular weight is 127 g/mol. The molecule has 0 aromatic heterocycles. The van der Waals surface area contributed by atoms with E-state index in [4.69, 9.17) is 0 Å². The Morgan fingerprint density at radius 3 is 2.11 bits per heavy atom. The van der Waals surface area contributed by atoms with Gasteiger partial charge in [-0.05, 0) is 19.9 Å². The summed E-state index contributed by atoms with van der Waals surface area (Å²) in [4.78, 5) is 2.44. The van der Waals surface area contributed by atoms with Crippen LogP contribution in [0.2, 0.25) is 0 Å². The lowest BCUT2D eigenvalue weighted by Gasteiger charge is -2.04. The summed E-state index contributed by atoms with van der Waals surface area (Å²) in [5.74, 6) is 0.894. The predicted octanol–water partition coefficient (Wildman–Crippen LogP) is 1.74. The van der Waals surface area contributed by atoms with Crippen LogP contribution in [0.4, 0.5) is 0 Å². The maximum Gasteiger partial charge on any atom is 0.0274 e. The van der Waals surface area contributed by atoms with Crippen molar-refractivity contribution in [2.45, 2.75) is 39.3 Å². The first kappa shape index (κ1) is 7.07. The molecule has 1 aliphatic rings. The Balaban J connectivity index is 2.31. The molecule has 0 aromatic rings. The van der Waals surface area contributed by atoms with Crippen LogP contribution in [0, 0.1) is 5.92 Å². The molecule has 1 heterocycles. The molecule has 1 rings (SSSR count). The van der Waals surface area contributed by atoms with Crippen LogP contribution in [0.5, 0.6) is 0 Å². The second-order valence-electron chi connectivity index (χ2n) is 3.28. The van der Waals surface area contributed by atoms with Crippen LogP contribution in [0.15, 0.2) is 0 Å². The molecule has 1 nitrogen and oxygen atoms in total. The highest BCUT2D eigenvalue weighted by atomic mass is 15.3. The Bertz CT molecular complexity index is 92.7. The van der Waals surface area contributed by atoms with E-state index in [0.29, 0.717) is 0 Å². The molecule has 4 atom stereocenters. The zero-order chi connectivity index (χ0) is 7.02. The highest BCUT2D eigenvalue weighted by Crippen LogP contribution is 2.32. The Kier molecular flexibility index (Phi) is 1.80. The van der Waals surface area contributed by atoms with Crippen molar-refractivity contribution in [3.8, 4) is 0 Å². The first-order chi connectivity index (χ1) is 4.18. The van der Waals surface area contributed by atoms with Gasteiger partial charge in [0, 0.05) is 12.1 Å². The Morgan fingerprint density at radius 1 is 1.56 bits per heavy atom. The van der Waals surface area contributed by atoms with Crippen molar-refractivity contribution in [1.29, 1.82) is 0 Å². The first-order valence-electron chi connectivity index (χ1n) is 3.90. The third-order valence-electron chi connectivity index (χ3n) is 2.74. The molecule has 1 fully saturated rings. The third kappa shape index (κ3) is 1.11. The smallest absolute Gasteiger partial charge is 0.0274 e. The highest BCUT2D eigenvalue weighted by Gasteiger charge is 2.42. The van der Waals surface area contributed by atoms with Crippen molar-refractivity contribution in [3.63, 3.8) is 0 Å². The van der Waals surface area contributed by atoms with Crippen LogP contribution in [0.25, 0.3) is 0 Å². The molecule has 0 N–H and O–H groups in total. The summed E-state index contributed by atoms with van der Waals surface area (Å²) in [5.41, 5.74) is 0. The average Bonchev–Trinajstić information content (AvgIpc) is 2.40. The van der Waals surface area contributed by atoms with Crippen molar-refractivity contribution in [1.82, 2.24) is 4.90 Å². The van der Waals surface area contributed by atoms with E-state index >= 15 is 0 Å². The molecular weight excluding hydrogens is 110 g/mol. The predicted molar refractivity (Wildman–Crippen MR) is 40.5 cm³/mol. The summed E-state index contributed by atoms with van der Waals surface area (Å²) >= 11 is 0. The fourth-order valence-electron chi connectivity index (χ4n) is 1.64. The number of nitrogens with zero attached hydrogens (tertiary/aromatic N) is 1. The lowest BCUT2D eigenvalue weighted by molar-refractivity contribution is 0.464. The van der Waals surface area contributed by atoms with Crippen molar-refractivity contribution in [3.05, 3.63) is 0 Å². The van der Waals surface area contributed by atoms with Crippen LogP contribution < -0.4 is 0 Å². The van der Waals surface area contributed by atoms with Crippen LogP contribution in [-0.4, -0.2) is 24.0 Å². The standard InChI is InChI=1S/C8H17N/c1-5-6(2)8-7(3)9(8)4/h6-8H,5H2,1-4H3. The van der Waals surface area contributed by atoms with Gasteiger partial charge in [0.2, 0.25) is 0 Å². The summed E-state index contributed by atoms with van der Waals surface area (Å²) < 4.78 is 0. The molecule has 54 valence electrons. The van der Waals surface area contributed by atoms with Crippen LogP contribution in [-0.2, 0) is 0 Å². The van der Waals surface area contributed by atoms with Gasteiger partial charge in [-0.3, -0.25) is 4.90 Å². The number of hydrogen-bond acceptors (Lipinski definition) is 1. The lowest BCUT2D eigenvalue weighted by atomic mass is 10.0. The molecular formula is C8H17N. The van der Waals surface area contributed by atoms with E-state index in [1.165, 1.54) is 6.42 Å². The molecule has 1 aliphatic heterocycles. The molecule has 1 heteroatoms. The third-order valence-corrected chi connectivity index (χ3v) is 2.74. The van der Waals surface area contributed by atoms with Gasteiger partial charge in [-0.15, -0.1) is 0 Å². The van der Waals surface area contributed by atoms with Gasteiger partial charge >= 0.3 is 0 Å². The fraction of sp³-hybridized carbons (Fsp3) is 1.00. The molecule has 0 radical (unpaired) electrons. The maximum absolute atomic E-state index is 2.44. The molecule has 9 heavy (non-hydrogen) atoms. The van der Waals surface area contributed by atoms with Gasteiger partial charge in [-0.2, -0.15) is 0 Å². The minimum Gasteiger partial charge on any atom is -0.297 e. The Hall–Kier alpha value is -0.0400. The molecule has 0 spiro atoms. The summed E-state index contributed by atoms with van der Waals surface area (Å²) in [7, 11) is 2.21. The van der Waals surface area contributed by atoms with Gasteiger partial charge < -0.3 is 0 Å². The van der Waals surface area contributed by atoms with Gasteiger partial charge in [0.1, 0.15) is 0 Å². The van der Waals surface area contributed by atoms with E-state index < -0.39 is 0 Å². The Morgan fingerprint density at radius 2 is 2.00 bits per heavy atom. The zero-order valence-corrected chi connectivity index (χ0v) is 6.89. The van der Waals surface area contributed by atoms with Gasteiger partial charge in [-0.25, -0.2) is 0 Å². The monoisotopic (exact) mass is 127 g/mol. The summed E-state index contributed by atoms with van der Waals surface area (Å²) in [5, 5.41) is 0. The van der Waals surface area contributed by atoms with Gasteiger partial charge in [0.25, 0.3) is 0 Å². The van der Waals surface area contributed by atoms with E-state index in [0.717, 1.165) is 18.0 Å². The van der Waals surface area contributed by atoms with Gasteiger partial charge in [-0.1, -0.05) is 20.3 Å². The lowest BCUT2D eigenvalue weighted by Crippen LogP contribution is -2.06. The molecule has 0 aromatic carbocycles. The molecule has 0 bridgehead atoms. The van der Waals surface area contributed by atoms with Crippen LogP contribution in [0.1, 0.15) is 27.2 Å². The molecule has 0 amide bonds. The second kappa shape index (κ2) is 2.30. The SMILES string of the molecule is CCC(C)C1C(C)N1C. The van der Waals surface area contributed by atoms with Gasteiger partial charge in [0.05, 0.1) is 0 Å². The zero-order valence-electron chi connectivity index (χ0n) is 6.89. The van der Waals surface area contributed by atoms with Crippen molar-refractivity contribution in [2.24, 2.45) is 5.92 Å². The summed E-state index contributed by atoms with van der Waals surface area (Å²) in [6.45, 7) is 6.91. The molecule has 0 saturated carbocycles. The second-order valence-corrected chi connectivity index (χ2v) is 3.28. The van der Waals surface area contributed by atoms with E-state index in [2.05, 4.69) is 32.7 Å². The first-order valence-corrected chi connectivity index (χ1v) is 3.90. The van der Waals surface area contributed by atoms with E-state index in [9.17, 15) is 0 Å². The fourth-order valence-corrected chi connectivity index (χ4v) is 1.64.